The van der Waals surface area contributed by atoms with Crippen LogP contribution in [0.1, 0.15) is 296 Å². The van der Waals surface area contributed by atoms with Crippen molar-refractivity contribution < 1.29 is 24.2 Å². The number of rotatable bonds is 59. The lowest BCUT2D eigenvalue weighted by Crippen LogP contribution is -2.28. The van der Waals surface area contributed by atoms with E-state index < -0.39 is 6.10 Å². The summed E-state index contributed by atoms with van der Waals surface area (Å²) in [4.78, 5) is 24.6. The maximum Gasteiger partial charge on any atom is 0.306 e. The number of carbonyl (C=O) groups is 2. The van der Waals surface area contributed by atoms with Gasteiger partial charge in [0, 0.05) is 12.8 Å². The van der Waals surface area contributed by atoms with E-state index in [2.05, 4.69) is 148 Å². The number of hydrogen-bond acceptors (Lipinski definition) is 5. The van der Waals surface area contributed by atoms with Crippen LogP contribution in [-0.2, 0) is 19.1 Å². The molecular formula is C73H122O5. The van der Waals surface area contributed by atoms with E-state index in [1.165, 1.54) is 161 Å². The van der Waals surface area contributed by atoms with E-state index in [1.807, 2.05) is 0 Å². The van der Waals surface area contributed by atoms with Gasteiger partial charge in [-0.05, 0) is 109 Å². The first-order chi connectivity index (χ1) is 38.6. The molecule has 0 spiro atoms. The molecule has 0 saturated heterocycles. The summed E-state index contributed by atoms with van der Waals surface area (Å²) in [5, 5.41) is 9.69. The van der Waals surface area contributed by atoms with Gasteiger partial charge in [0.2, 0.25) is 0 Å². The average Bonchev–Trinajstić information content (AvgIpc) is 3.44. The van der Waals surface area contributed by atoms with Crippen LogP contribution in [-0.4, -0.2) is 36.4 Å². The van der Waals surface area contributed by atoms with E-state index in [0.29, 0.717) is 12.8 Å². The Morgan fingerprint density at radius 2 is 0.513 bits per heavy atom. The summed E-state index contributed by atoms with van der Waals surface area (Å²) in [6.07, 6.45) is 100. The Balaban J connectivity index is 3.49. The molecule has 0 aliphatic carbocycles. The third-order valence-electron chi connectivity index (χ3n) is 13.9. The minimum absolute atomic E-state index is 0.0699. The first kappa shape index (κ1) is 74.0. The fourth-order valence-electron chi connectivity index (χ4n) is 9.12. The Kier molecular flexibility index (Phi) is 63.9. The molecule has 78 heavy (non-hydrogen) atoms. The van der Waals surface area contributed by atoms with Crippen molar-refractivity contribution in [2.75, 3.05) is 13.2 Å². The molecule has 0 aliphatic rings. The van der Waals surface area contributed by atoms with Crippen molar-refractivity contribution in [2.45, 2.75) is 302 Å². The Hall–Kier alpha value is -3.96. The van der Waals surface area contributed by atoms with Crippen LogP contribution in [0, 0.1) is 0 Å². The van der Waals surface area contributed by atoms with E-state index in [9.17, 15) is 14.7 Å². The maximum absolute atomic E-state index is 12.4. The molecule has 0 amide bonds. The van der Waals surface area contributed by atoms with Crippen molar-refractivity contribution in [3.63, 3.8) is 0 Å². The summed E-state index contributed by atoms with van der Waals surface area (Å²) >= 11 is 0. The van der Waals surface area contributed by atoms with Gasteiger partial charge in [-0.2, -0.15) is 0 Å². The molecule has 1 unspecified atom stereocenters. The molecule has 0 aromatic rings. The Morgan fingerprint density at radius 1 is 0.295 bits per heavy atom. The van der Waals surface area contributed by atoms with Crippen molar-refractivity contribution in [1.29, 1.82) is 0 Å². The predicted octanol–water partition coefficient (Wildman–Crippen LogP) is 22.8. The molecule has 0 aliphatic heterocycles. The number of ether oxygens (including phenoxy) is 2. The van der Waals surface area contributed by atoms with Crippen molar-refractivity contribution in [1.82, 2.24) is 0 Å². The fraction of sp³-hybridized carbons (Fsp3) is 0.671. The van der Waals surface area contributed by atoms with Crippen molar-refractivity contribution >= 4 is 11.9 Å². The number of hydrogen-bond donors (Lipinski definition) is 1. The molecule has 0 fully saturated rings. The molecule has 5 nitrogen and oxygen atoms in total. The van der Waals surface area contributed by atoms with Crippen LogP contribution in [0.4, 0.5) is 0 Å². The number of unbranched alkanes of at least 4 members (excludes halogenated alkanes) is 29. The molecule has 0 rings (SSSR count). The minimum Gasteiger partial charge on any atom is -0.462 e. The first-order valence-corrected chi connectivity index (χ1v) is 32.7. The topological polar surface area (TPSA) is 72.8 Å². The SMILES string of the molecule is CC/C=C\C/C=C\C/C=C\C/C=C\C/C=C\C/C=C\C/C=C\CCCCCCCCCCCCCCCCCC(=O)OC(CO)COC(=O)CCCCCCCCCCCCCCCC/C=C\C/C=C\C/C=C\C/C=C\CC. The lowest BCUT2D eigenvalue weighted by Gasteiger charge is -2.15. The molecule has 0 radical (unpaired) electrons. The van der Waals surface area contributed by atoms with Crippen LogP contribution in [0.5, 0.6) is 0 Å². The second-order valence-electron chi connectivity index (χ2n) is 21.4. The van der Waals surface area contributed by atoms with Crippen LogP contribution in [0.15, 0.2) is 134 Å². The first-order valence-electron chi connectivity index (χ1n) is 32.7. The zero-order chi connectivity index (χ0) is 56.2. The Labute approximate surface area is 483 Å². The lowest BCUT2D eigenvalue weighted by atomic mass is 10.0. The molecular weight excluding hydrogens is 957 g/mol. The van der Waals surface area contributed by atoms with Crippen LogP contribution in [0.25, 0.3) is 0 Å². The summed E-state index contributed by atoms with van der Waals surface area (Å²) in [5.74, 6) is -0.588. The van der Waals surface area contributed by atoms with E-state index in [4.69, 9.17) is 9.47 Å². The molecule has 0 aromatic heterocycles. The monoisotopic (exact) mass is 1080 g/mol. The van der Waals surface area contributed by atoms with Crippen LogP contribution < -0.4 is 0 Å². The van der Waals surface area contributed by atoms with Crippen LogP contribution in [0.2, 0.25) is 0 Å². The number of allylic oxidation sites excluding steroid dienone is 22. The number of carbonyl (C=O) groups excluding carboxylic acids is 2. The van der Waals surface area contributed by atoms with Gasteiger partial charge < -0.3 is 14.6 Å². The molecule has 1 atom stereocenters. The average molecular weight is 1080 g/mol. The Bertz CT molecular complexity index is 1600. The van der Waals surface area contributed by atoms with Gasteiger partial charge in [-0.1, -0.05) is 308 Å². The zero-order valence-electron chi connectivity index (χ0n) is 50.9. The zero-order valence-corrected chi connectivity index (χ0v) is 50.9. The van der Waals surface area contributed by atoms with Crippen molar-refractivity contribution in [3.05, 3.63) is 134 Å². The summed E-state index contributed by atoms with van der Waals surface area (Å²) in [6.45, 7) is 3.93. The smallest absolute Gasteiger partial charge is 0.306 e. The van der Waals surface area contributed by atoms with Crippen LogP contribution in [0.3, 0.4) is 0 Å². The van der Waals surface area contributed by atoms with Gasteiger partial charge >= 0.3 is 11.9 Å². The van der Waals surface area contributed by atoms with Gasteiger partial charge in [-0.25, -0.2) is 0 Å². The third-order valence-corrected chi connectivity index (χ3v) is 13.9. The minimum atomic E-state index is -0.780. The van der Waals surface area contributed by atoms with Gasteiger partial charge in [0.05, 0.1) is 6.61 Å². The fourth-order valence-corrected chi connectivity index (χ4v) is 9.12. The van der Waals surface area contributed by atoms with E-state index in [1.54, 1.807) is 0 Å². The standard InChI is InChI=1S/C73H122O5/c1-3-5-7-9-11-13-15-17-19-21-23-25-27-29-31-32-33-34-35-36-37-38-39-40-42-44-46-48-50-52-54-56-58-60-62-64-66-68-73(76)78-71(69-74)70-77-72(75)67-65-63-61-59-57-55-53-51-49-47-45-43-41-30-28-26-24-22-20-18-16-14-12-10-8-6-4-2/h5-8,11-14,17-20,23-26,29,31,33-34,36-37,71,74H,3-4,9-10,15-16,21-22,27-28,30,32,35,38-70H2,1-2H3/b7-5-,8-6-,13-11-,14-12-,19-17-,20-18-,25-23-,26-24-,31-29-,34-33-,37-36-. The Morgan fingerprint density at radius 3 is 0.769 bits per heavy atom. The summed E-state index contributed by atoms with van der Waals surface area (Å²) in [6, 6.07) is 0. The van der Waals surface area contributed by atoms with Gasteiger partial charge in [-0.3, -0.25) is 9.59 Å². The van der Waals surface area contributed by atoms with Gasteiger partial charge in [0.1, 0.15) is 6.61 Å². The molecule has 0 aromatic carbocycles. The molecule has 0 heterocycles. The van der Waals surface area contributed by atoms with Crippen molar-refractivity contribution in [2.24, 2.45) is 0 Å². The molecule has 5 heteroatoms. The summed E-state index contributed by atoms with van der Waals surface area (Å²) in [5.41, 5.74) is 0. The lowest BCUT2D eigenvalue weighted by molar-refractivity contribution is -0.161. The third kappa shape index (κ3) is 64.6. The van der Waals surface area contributed by atoms with E-state index in [-0.39, 0.29) is 25.2 Å². The number of aliphatic hydroxyl groups is 1. The number of esters is 2. The van der Waals surface area contributed by atoms with Gasteiger partial charge in [0.25, 0.3) is 0 Å². The second kappa shape index (κ2) is 67.3. The van der Waals surface area contributed by atoms with E-state index in [0.717, 1.165) is 109 Å². The van der Waals surface area contributed by atoms with Crippen LogP contribution >= 0.6 is 0 Å². The normalized spacial score (nSPS) is 13.1. The maximum atomic E-state index is 12.4. The van der Waals surface area contributed by atoms with Gasteiger partial charge in [0.15, 0.2) is 6.10 Å². The molecule has 444 valence electrons. The highest BCUT2D eigenvalue weighted by Crippen LogP contribution is 2.17. The number of aliphatic hydroxyl groups excluding tert-OH is 1. The van der Waals surface area contributed by atoms with E-state index >= 15 is 0 Å². The van der Waals surface area contributed by atoms with Crippen molar-refractivity contribution in [3.8, 4) is 0 Å². The highest BCUT2D eigenvalue weighted by molar-refractivity contribution is 5.70. The highest BCUT2D eigenvalue weighted by atomic mass is 16.6. The molecule has 1 N–H and O–H groups in total. The van der Waals surface area contributed by atoms with Gasteiger partial charge in [-0.15, -0.1) is 0 Å². The largest absolute Gasteiger partial charge is 0.462 e. The summed E-state index contributed by atoms with van der Waals surface area (Å²) < 4.78 is 10.7. The molecule has 0 bridgehead atoms. The predicted molar refractivity (Wildman–Crippen MR) is 343 cm³/mol. The second-order valence-corrected chi connectivity index (χ2v) is 21.4. The highest BCUT2D eigenvalue weighted by Gasteiger charge is 2.16. The molecule has 0 saturated carbocycles. The summed E-state index contributed by atoms with van der Waals surface area (Å²) in [7, 11) is 0. The quantitative estimate of drug-likeness (QED) is 0.0373.